The molecule has 1 aromatic heterocycles. The van der Waals surface area contributed by atoms with Crippen LogP contribution in [0, 0.1) is 11.3 Å². The Morgan fingerprint density at radius 1 is 1.22 bits per heavy atom. The predicted octanol–water partition coefficient (Wildman–Crippen LogP) is 3.77. The highest BCUT2D eigenvalue weighted by Gasteiger charge is 2.09. The lowest BCUT2D eigenvalue weighted by atomic mass is 10.3. The highest BCUT2D eigenvalue weighted by atomic mass is 32.2. The van der Waals surface area contributed by atoms with Crippen LogP contribution in [0.2, 0.25) is 0 Å². The van der Waals surface area contributed by atoms with E-state index in [0.29, 0.717) is 24.2 Å². The van der Waals surface area contributed by atoms with Crippen LogP contribution in [0.15, 0.2) is 35.7 Å². The third-order valence-corrected chi connectivity index (χ3v) is 5.48. The Morgan fingerprint density at radius 3 is 2.52 bits per heavy atom. The first-order valence-electron chi connectivity index (χ1n) is 7.34. The molecule has 0 atom stereocenters. The van der Waals surface area contributed by atoms with Gasteiger partial charge in [0.15, 0.2) is 0 Å². The number of rotatable bonds is 8. The van der Waals surface area contributed by atoms with E-state index in [4.69, 9.17) is 5.26 Å². The molecule has 0 aliphatic carbocycles. The van der Waals surface area contributed by atoms with Crippen molar-refractivity contribution in [3.8, 4) is 6.07 Å². The maximum absolute atomic E-state index is 11.8. The molecule has 7 heteroatoms. The number of nitrogens with one attached hydrogen (secondary N) is 2. The highest BCUT2D eigenvalue weighted by molar-refractivity contribution is 7.92. The van der Waals surface area contributed by atoms with Crippen LogP contribution >= 0.6 is 11.3 Å². The van der Waals surface area contributed by atoms with E-state index >= 15 is 0 Å². The molecule has 2 aromatic rings. The number of unbranched alkanes of at least 4 members (excludes halogenated alkanes) is 1. The number of nitriles is 1. The maximum atomic E-state index is 11.8. The minimum Gasteiger partial charge on any atom is -0.380 e. The molecule has 1 heterocycles. The second kappa shape index (κ2) is 7.99. The fraction of sp³-hybridized carbons (Fsp3) is 0.312. The number of benzene rings is 1. The van der Waals surface area contributed by atoms with Gasteiger partial charge in [0, 0.05) is 28.2 Å². The SMILES string of the molecule is CCCCS(=O)(=O)Nc1ccc(NCc2cc(C#N)cs2)cc1. The highest BCUT2D eigenvalue weighted by Crippen LogP contribution is 2.18. The van der Waals surface area contributed by atoms with Gasteiger partial charge in [-0.2, -0.15) is 5.26 Å². The van der Waals surface area contributed by atoms with Gasteiger partial charge in [-0.15, -0.1) is 11.3 Å². The van der Waals surface area contributed by atoms with Gasteiger partial charge >= 0.3 is 0 Å². The van der Waals surface area contributed by atoms with Crippen LogP contribution in [0.25, 0.3) is 0 Å². The first-order chi connectivity index (χ1) is 11.0. The molecule has 0 spiro atoms. The average Bonchev–Trinajstić information content (AvgIpc) is 3.00. The average molecular weight is 349 g/mol. The van der Waals surface area contributed by atoms with Crippen LogP contribution in [0.4, 0.5) is 11.4 Å². The summed E-state index contributed by atoms with van der Waals surface area (Å²) in [5, 5.41) is 13.9. The van der Waals surface area contributed by atoms with Crippen molar-refractivity contribution in [1.29, 1.82) is 5.26 Å². The molecule has 2 rings (SSSR count). The second-order valence-corrected chi connectivity index (χ2v) is 7.96. The molecular weight excluding hydrogens is 330 g/mol. The van der Waals surface area contributed by atoms with Crippen molar-refractivity contribution in [2.45, 2.75) is 26.3 Å². The van der Waals surface area contributed by atoms with Crippen LogP contribution in [0.1, 0.15) is 30.2 Å². The fourth-order valence-electron chi connectivity index (χ4n) is 1.94. The van der Waals surface area contributed by atoms with Gasteiger partial charge in [-0.3, -0.25) is 4.72 Å². The lowest BCUT2D eigenvalue weighted by Crippen LogP contribution is -2.16. The van der Waals surface area contributed by atoms with Crippen molar-refractivity contribution < 1.29 is 8.42 Å². The van der Waals surface area contributed by atoms with Gasteiger partial charge in [-0.25, -0.2) is 8.42 Å². The summed E-state index contributed by atoms with van der Waals surface area (Å²) in [6.07, 6.45) is 1.50. The normalized spacial score (nSPS) is 11.0. The number of nitrogens with zero attached hydrogens (tertiary/aromatic N) is 1. The van der Waals surface area contributed by atoms with Crippen molar-refractivity contribution in [2.24, 2.45) is 0 Å². The maximum Gasteiger partial charge on any atom is 0.232 e. The summed E-state index contributed by atoms with van der Waals surface area (Å²) in [5.41, 5.74) is 2.13. The first kappa shape index (κ1) is 17.3. The van der Waals surface area contributed by atoms with Gasteiger partial charge < -0.3 is 5.32 Å². The first-order valence-corrected chi connectivity index (χ1v) is 9.87. The Kier molecular flexibility index (Phi) is 6.02. The molecule has 1 aromatic carbocycles. The molecule has 23 heavy (non-hydrogen) atoms. The summed E-state index contributed by atoms with van der Waals surface area (Å²) in [6, 6.07) is 11.1. The van der Waals surface area contributed by atoms with Gasteiger partial charge in [-0.05, 0) is 36.8 Å². The molecule has 0 unspecified atom stereocenters. The van der Waals surface area contributed by atoms with E-state index in [1.165, 1.54) is 11.3 Å². The fourth-order valence-corrected chi connectivity index (χ4v) is 3.96. The van der Waals surface area contributed by atoms with Crippen molar-refractivity contribution in [3.63, 3.8) is 0 Å². The standard InChI is InChI=1S/C16H19N3O2S2/c1-2-3-8-23(20,21)19-15-6-4-14(5-7-15)18-11-16-9-13(10-17)12-22-16/h4-7,9,12,18-19H,2-3,8,11H2,1H3. The van der Waals surface area contributed by atoms with E-state index in [-0.39, 0.29) is 5.75 Å². The van der Waals surface area contributed by atoms with Gasteiger partial charge in [0.25, 0.3) is 0 Å². The molecule has 122 valence electrons. The number of hydrogen-bond donors (Lipinski definition) is 2. The van der Waals surface area contributed by atoms with E-state index < -0.39 is 10.0 Å². The van der Waals surface area contributed by atoms with Gasteiger partial charge in [-0.1, -0.05) is 13.3 Å². The van der Waals surface area contributed by atoms with Crippen LogP contribution in [0.3, 0.4) is 0 Å². The van der Waals surface area contributed by atoms with Crippen LogP contribution in [-0.4, -0.2) is 14.2 Å². The Hall–Kier alpha value is -2.04. The Balaban J connectivity index is 1.90. The summed E-state index contributed by atoms with van der Waals surface area (Å²) >= 11 is 1.54. The van der Waals surface area contributed by atoms with Gasteiger partial charge in [0.2, 0.25) is 10.0 Å². The third-order valence-electron chi connectivity index (χ3n) is 3.17. The van der Waals surface area contributed by atoms with E-state index in [1.54, 1.807) is 12.1 Å². The Morgan fingerprint density at radius 2 is 1.91 bits per heavy atom. The molecule has 0 amide bonds. The van der Waals surface area contributed by atoms with Crippen molar-refractivity contribution in [1.82, 2.24) is 0 Å². The molecule has 2 N–H and O–H groups in total. The summed E-state index contributed by atoms with van der Waals surface area (Å²) in [4.78, 5) is 1.07. The van der Waals surface area contributed by atoms with E-state index in [1.807, 2.05) is 30.5 Å². The summed E-state index contributed by atoms with van der Waals surface area (Å²) in [5.74, 6) is 0.142. The predicted molar refractivity (Wildman–Crippen MR) is 95.1 cm³/mol. The van der Waals surface area contributed by atoms with Crippen molar-refractivity contribution in [3.05, 3.63) is 46.2 Å². The van der Waals surface area contributed by atoms with Crippen LogP contribution < -0.4 is 10.0 Å². The summed E-state index contributed by atoms with van der Waals surface area (Å²) in [6.45, 7) is 2.59. The van der Waals surface area contributed by atoms with Gasteiger partial charge in [0.05, 0.1) is 11.3 Å². The molecular formula is C16H19N3O2S2. The molecule has 0 radical (unpaired) electrons. The zero-order chi connectivity index (χ0) is 16.7. The Labute approximate surface area is 141 Å². The lowest BCUT2D eigenvalue weighted by molar-refractivity contribution is 0.598. The minimum absolute atomic E-state index is 0.142. The van der Waals surface area contributed by atoms with Crippen molar-refractivity contribution >= 4 is 32.7 Å². The summed E-state index contributed by atoms with van der Waals surface area (Å²) in [7, 11) is -3.26. The zero-order valence-corrected chi connectivity index (χ0v) is 14.5. The summed E-state index contributed by atoms with van der Waals surface area (Å²) < 4.78 is 26.2. The third kappa shape index (κ3) is 5.58. The smallest absolute Gasteiger partial charge is 0.232 e. The molecule has 0 saturated carbocycles. The van der Waals surface area contributed by atoms with Gasteiger partial charge in [0.1, 0.15) is 6.07 Å². The quantitative estimate of drug-likeness (QED) is 0.760. The molecule has 0 fully saturated rings. The number of sulfonamides is 1. The largest absolute Gasteiger partial charge is 0.380 e. The lowest BCUT2D eigenvalue weighted by Gasteiger charge is -2.09. The van der Waals surface area contributed by atoms with E-state index in [9.17, 15) is 8.42 Å². The van der Waals surface area contributed by atoms with E-state index in [2.05, 4.69) is 16.1 Å². The minimum atomic E-state index is -3.26. The van der Waals surface area contributed by atoms with E-state index in [0.717, 1.165) is 17.0 Å². The monoisotopic (exact) mass is 349 g/mol. The number of thiophene rings is 1. The molecule has 0 aliphatic heterocycles. The molecule has 0 saturated heterocycles. The second-order valence-electron chi connectivity index (χ2n) is 5.12. The molecule has 5 nitrogen and oxygen atoms in total. The zero-order valence-electron chi connectivity index (χ0n) is 12.9. The van der Waals surface area contributed by atoms with Crippen LogP contribution in [0.5, 0.6) is 0 Å². The number of anilines is 2. The van der Waals surface area contributed by atoms with Crippen molar-refractivity contribution in [2.75, 3.05) is 15.8 Å². The number of hydrogen-bond acceptors (Lipinski definition) is 5. The Bertz CT molecular complexity index is 774. The molecule has 0 aliphatic rings. The topological polar surface area (TPSA) is 82.0 Å². The molecule has 0 bridgehead atoms. The van der Waals surface area contributed by atoms with Crippen LogP contribution in [-0.2, 0) is 16.6 Å².